The fourth-order valence-electron chi connectivity index (χ4n) is 4.17. The van der Waals surface area contributed by atoms with Gasteiger partial charge in [-0.2, -0.15) is 0 Å². The first-order valence-electron chi connectivity index (χ1n) is 10.6. The quantitative estimate of drug-likeness (QED) is 0.574. The van der Waals surface area contributed by atoms with Gasteiger partial charge in [-0.3, -0.25) is 9.59 Å². The molecule has 1 saturated carbocycles. The second-order valence-electron chi connectivity index (χ2n) is 8.20. The number of hydrogen-bond donors (Lipinski definition) is 3. The highest BCUT2D eigenvalue weighted by molar-refractivity contribution is 5.70. The molecule has 0 unspecified atom stereocenters. The number of rotatable bonds is 8. The topological polar surface area (TPSA) is 98.3 Å². The van der Waals surface area contributed by atoms with E-state index in [0.29, 0.717) is 43.7 Å². The third-order valence-corrected chi connectivity index (χ3v) is 6.07. The van der Waals surface area contributed by atoms with Crippen molar-refractivity contribution in [2.75, 3.05) is 24.5 Å². The molecule has 2 fully saturated rings. The number of halogens is 1. The van der Waals surface area contributed by atoms with Gasteiger partial charge in [0.1, 0.15) is 5.82 Å². The minimum Gasteiger partial charge on any atom is -0.481 e. The molecule has 0 radical (unpaired) electrons. The zero-order chi connectivity index (χ0) is 21.1. The molecule has 1 aromatic carbocycles. The predicted molar refractivity (Wildman–Crippen MR) is 111 cm³/mol. The molecule has 30 heavy (non-hydrogen) atoms. The van der Waals surface area contributed by atoms with Gasteiger partial charge in [0.05, 0.1) is 11.6 Å². The normalized spacial score (nSPS) is 21.6. The number of aryl methyl sites for hydroxylation is 1. The molecule has 2 aromatic rings. The molecule has 2 atom stereocenters. The number of piperidine rings is 1. The zero-order valence-corrected chi connectivity index (χ0v) is 16.8. The van der Waals surface area contributed by atoms with Crippen molar-refractivity contribution in [3.63, 3.8) is 0 Å². The highest BCUT2D eigenvalue weighted by Crippen LogP contribution is 2.40. The molecule has 3 N–H and O–H groups in total. The van der Waals surface area contributed by atoms with E-state index < -0.39 is 5.97 Å². The van der Waals surface area contributed by atoms with Gasteiger partial charge in [0.15, 0.2) is 5.82 Å². The summed E-state index contributed by atoms with van der Waals surface area (Å²) < 4.78 is 13.0. The number of anilines is 1. The number of carboxylic acids is 1. The summed E-state index contributed by atoms with van der Waals surface area (Å²) in [4.78, 5) is 32.5. The van der Waals surface area contributed by atoms with E-state index in [1.54, 1.807) is 6.20 Å². The standard InChI is InChI=1S/C22H27FN4O3/c23-16-5-3-14(4-6-16)18-12-19(18)24-9-1-2-17-13-25-21(28)20(26-17)27-10-7-15(8-11-27)22(29)30/h3-6,13,15,18-19,24H,1-2,7-12H2,(H,25,28)(H,29,30)/t18-,19+/m0/s1. The number of H-pyrrole nitrogens is 1. The highest BCUT2D eigenvalue weighted by atomic mass is 19.1. The van der Waals surface area contributed by atoms with Crippen molar-refractivity contribution in [2.45, 2.75) is 44.1 Å². The Kier molecular flexibility index (Phi) is 6.13. The van der Waals surface area contributed by atoms with Crippen LogP contribution in [0.4, 0.5) is 10.2 Å². The minimum absolute atomic E-state index is 0.206. The number of nitrogens with one attached hydrogen (secondary N) is 2. The second-order valence-corrected chi connectivity index (χ2v) is 8.20. The van der Waals surface area contributed by atoms with Crippen molar-refractivity contribution in [1.29, 1.82) is 0 Å². The molecule has 0 spiro atoms. The van der Waals surface area contributed by atoms with E-state index in [-0.39, 0.29) is 17.3 Å². The van der Waals surface area contributed by atoms with Crippen LogP contribution in [0.25, 0.3) is 0 Å². The van der Waals surface area contributed by atoms with E-state index in [2.05, 4.69) is 15.3 Å². The molecular formula is C22H27FN4O3. The number of aliphatic carboxylic acids is 1. The summed E-state index contributed by atoms with van der Waals surface area (Å²) in [6.45, 7) is 1.91. The van der Waals surface area contributed by atoms with E-state index in [9.17, 15) is 14.0 Å². The predicted octanol–water partition coefficient (Wildman–Crippen LogP) is 2.29. The van der Waals surface area contributed by atoms with Gasteiger partial charge in [-0.15, -0.1) is 0 Å². The third kappa shape index (κ3) is 4.87. The first-order chi connectivity index (χ1) is 14.5. The molecule has 0 amide bonds. The molecular weight excluding hydrogens is 387 g/mol. The van der Waals surface area contributed by atoms with Crippen LogP contribution in [-0.2, 0) is 11.2 Å². The monoisotopic (exact) mass is 414 g/mol. The van der Waals surface area contributed by atoms with E-state index in [4.69, 9.17) is 5.11 Å². The van der Waals surface area contributed by atoms with Gasteiger partial charge in [0.2, 0.25) is 0 Å². The Morgan fingerprint density at radius 2 is 2.00 bits per heavy atom. The van der Waals surface area contributed by atoms with Gasteiger partial charge in [-0.25, -0.2) is 9.37 Å². The van der Waals surface area contributed by atoms with Crippen molar-refractivity contribution >= 4 is 11.8 Å². The van der Waals surface area contributed by atoms with Crippen molar-refractivity contribution in [2.24, 2.45) is 5.92 Å². The Bertz CT molecular complexity index is 938. The lowest BCUT2D eigenvalue weighted by Gasteiger charge is -2.30. The molecule has 2 heterocycles. The third-order valence-electron chi connectivity index (χ3n) is 6.07. The van der Waals surface area contributed by atoms with Crippen LogP contribution in [0.5, 0.6) is 0 Å². The molecule has 1 aromatic heterocycles. The SMILES string of the molecule is O=C(O)C1CCN(c2nc(CCCN[C@@H]3C[C@H]3c3ccc(F)cc3)c[nH]c2=O)CC1. The lowest BCUT2D eigenvalue weighted by molar-refractivity contribution is -0.142. The van der Waals surface area contributed by atoms with Crippen LogP contribution >= 0.6 is 0 Å². The van der Waals surface area contributed by atoms with Gasteiger partial charge < -0.3 is 20.3 Å². The van der Waals surface area contributed by atoms with Crippen molar-refractivity contribution in [3.8, 4) is 0 Å². The maximum Gasteiger partial charge on any atom is 0.306 e. The first kappa shape index (κ1) is 20.5. The van der Waals surface area contributed by atoms with E-state index >= 15 is 0 Å². The lowest BCUT2D eigenvalue weighted by atomic mass is 9.97. The van der Waals surface area contributed by atoms with Gasteiger partial charge in [-0.1, -0.05) is 12.1 Å². The maximum absolute atomic E-state index is 13.0. The molecule has 1 aliphatic carbocycles. The Morgan fingerprint density at radius 3 is 2.70 bits per heavy atom. The summed E-state index contributed by atoms with van der Waals surface area (Å²) in [5, 5.41) is 12.7. The van der Waals surface area contributed by atoms with Crippen molar-refractivity contribution in [1.82, 2.24) is 15.3 Å². The number of aromatic nitrogens is 2. The van der Waals surface area contributed by atoms with Crippen molar-refractivity contribution < 1.29 is 14.3 Å². The van der Waals surface area contributed by atoms with Gasteiger partial charge in [-0.05, 0) is 56.3 Å². The first-order valence-corrected chi connectivity index (χ1v) is 10.6. The summed E-state index contributed by atoms with van der Waals surface area (Å²) in [5.41, 5.74) is 1.77. The summed E-state index contributed by atoms with van der Waals surface area (Å²) >= 11 is 0. The fraction of sp³-hybridized carbons (Fsp3) is 0.500. The highest BCUT2D eigenvalue weighted by Gasteiger charge is 2.37. The van der Waals surface area contributed by atoms with E-state index in [1.165, 1.54) is 17.7 Å². The van der Waals surface area contributed by atoms with Gasteiger partial charge in [0.25, 0.3) is 5.56 Å². The molecule has 160 valence electrons. The van der Waals surface area contributed by atoms with Gasteiger partial charge >= 0.3 is 5.97 Å². The van der Waals surface area contributed by atoms with Crippen LogP contribution in [0.15, 0.2) is 35.3 Å². The second kappa shape index (κ2) is 8.95. The number of aromatic amines is 1. The Hall–Kier alpha value is -2.74. The smallest absolute Gasteiger partial charge is 0.306 e. The van der Waals surface area contributed by atoms with Crippen LogP contribution < -0.4 is 15.8 Å². The number of carbonyl (C=O) groups is 1. The number of carboxylic acid groups (broad SMARTS) is 1. The molecule has 4 rings (SSSR count). The average molecular weight is 414 g/mol. The zero-order valence-electron chi connectivity index (χ0n) is 16.8. The number of benzene rings is 1. The van der Waals surface area contributed by atoms with Crippen molar-refractivity contribution in [3.05, 3.63) is 57.9 Å². The van der Waals surface area contributed by atoms with Crippen LogP contribution in [0.3, 0.4) is 0 Å². The summed E-state index contributed by atoms with van der Waals surface area (Å²) in [7, 11) is 0. The summed E-state index contributed by atoms with van der Waals surface area (Å²) in [5.74, 6) is -0.464. The number of nitrogens with zero attached hydrogens (tertiary/aromatic N) is 2. The molecule has 1 aliphatic heterocycles. The molecule has 1 saturated heterocycles. The summed E-state index contributed by atoms with van der Waals surface area (Å²) in [6, 6.07) is 7.16. The molecule has 0 bridgehead atoms. The Morgan fingerprint density at radius 1 is 1.27 bits per heavy atom. The molecule has 2 aliphatic rings. The fourth-order valence-corrected chi connectivity index (χ4v) is 4.17. The lowest BCUT2D eigenvalue weighted by Crippen LogP contribution is -2.39. The van der Waals surface area contributed by atoms with Crippen LogP contribution in [0.2, 0.25) is 0 Å². The van der Waals surface area contributed by atoms with Crippen LogP contribution in [-0.4, -0.2) is 46.7 Å². The molecule has 7 nitrogen and oxygen atoms in total. The number of hydrogen-bond acceptors (Lipinski definition) is 5. The van der Waals surface area contributed by atoms with E-state index in [0.717, 1.165) is 31.5 Å². The Labute approximate surface area is 174 Å². The van der Waals surface area contributed by atoms with Crippen LogP contribution in [0, 0.1) is 11.7 Å². The minimum atomic E-state index is -0.768. The largest absolute Gasteiger partial charge is 0.481 e. The molecule has 8 heteroatoms. The van der Waals surface area contributed by atoms with E-state index in [1.807, 2.05) is 17.0 Å². The summed E-state index contributed by atoms with van der Waals surface area (Å²) in [6.07, 6.45) is 5.43. The Balaban J connectivity index is 1.24. The maximum atomic E-state index is 13.0. The van der Waals surface area contributed by atoms with Crippen LogP contribution in [0.1, 0.15) is 42.9 Å². The average Bonchev–Trinajstić information content (AvgIpc) is 3.52. The van der Waals surface area contributed by atoms with Gasteiger partial charge in [0, 0.05) is 31.2 Å².